The number of hydrogen-bond acceptors (Lipinski definition) is 3. The van der Waals surface area contributed by atoms with Crippen LogP contribution in [0.2, 0.25) is 0 Å². The molecule has 0 aliphatic rings. The van der Waals surface area contributed by atoms with Gasteiger partial charge in [-0.3, -0.25) is 4.68 Å². The highest BCUT2D eigenvalue weighted by Gasteiger charge is 2.13. The maximum absolute atomic E-state index is 12.4. The van der Waals surface area contributed by atoms with Crippen molar-refractivity contribution < 1.29 is 27.0 Å². The van der Waals surface area contributed by atoms with Crippen molar-refractivity contribution in [2.45, 2.75) is 19.8 Å². The molecule has 0 saturated carbocycles. The van der Waals surface area contributed by atoms with E-state index >= 15 is 0 Å². The molecule has 1 heterocycles. The molecule has 21 heavy (non-hydrogen) atoms. The van der Waals surface area contributed by atoms with Crippen LogP contribution in [0.4, 0.5) is 17.6 Å². The molecule has 1 aromatic heterocycles. The second kappa shape index (κ2) is 6.87. The Kier molecular flexibility index (Phi) is 4.91. The molecule has 0 fully saturated rings. The van der Waals surface area contributed by atoms with Gasteiger partial charge in [-0.15, -0.1) is 0 Å². The Morgan fingerprint density at radius 2 is 1.67 bits per heavy atom. The van der Waals surface area contributed by atoms with Gasteiger partial charge in [0.05, 0.1) is 6.54 Å². The zero-order valence-corrected chi connectivity index (χ0v) is 10.7. The van der Waals surface area contributed by atoms with Crippen molar-refractivity contribution >= 4 is 0 Å². The zero-order chi connectivity index (χ0) is 15.2. The maximum atomic E-state index is 12.4. The number of alkyl halides is 4. The molecule has 4 nitrogen and oxygen atoms in total. The maximum Gasteiger partial charge on any atom is 0.387 e. The van der Waals surface area contributed by atoms with Gasteiger partial charge in [0, 0.05) is 24.0 Å². The van der Waals surface area contributed by atoms with Crippen molar-refractivity contribution in [3.63, 3.8) is 0 Å². The first-order chi connectivity index (χ1) is 10.0. The lowest BCUT2D eigenvalue weighted by Gasteiger charge is -2.14. The van der Waals surface area contributed by atoms with Crippen molar-refractivity contribution in [3.8, 4) is 11.5 Å². The summed E-state index contributed by atoms with van der Waals surface area (Å²) >= 11 is 0. The molecular weight excluding hydrogens is 292 g/mol. The molecular formula is C13H12F4N2O2. The third kappa shape index (κ3) is 4.59. The van der Waals surface area contributed by atoms with Gasteiger partial charge in [-0.1, -0.05) is 0 Å². The third-order valence-corrected chi connectivity index (χ3v) is 2.54. The van der Waals surface area contributed by atoms with Gasteiger partial charge in [-0.25, -0.2) is 0 Å². The second-order valence-electron chi connectivity index (χ2n) is 3.95. The average molecular weight is 304 g/mol. The third-order valence-electron chi connectivity index (χ3n) is 2.54. The van der Waals surface area contributed by atoms with Gasteiger partial charge in [-0.05, 0) is 24.3 Å². The summed E-state index contributed by atoms with van der Waals surface area (Å²) in [6, 6.07) is 7.21. The molecule has 0 unspecified atom stereocenters. The minimum absolute atomic E-state index is 0.172. The summed E-state index contributed by atoms with van der Waals surface area (Å²) in [5, 5.41) is 0. The molecule has 1 aromatic carbocycles. The van der Waals surface area contributed by atoms with E-state index < -0.39 is 13.2 Å². The lowest BCUT2D eigenvalue weighted by Crippen LogP contribution is -2.14. The van der Waals surface area contributed by atoms with Crippen molar-refractivity contribution in [1.82, 2.24) is 4.68 Å². The summed E-state index contributed by atoms with van der Waals surface area (Å²) in [5.74, 6) is -0.465. The first-order valence-corrected chi connectivity index (χ1v) is 5.94. The molecule has 0 saturated heterocycles. The van der Waals surface area contributed by atoms with E-state index in [1.165, 1.54) is 12.1 Å². The molecule has 0 aliphatic heterocycles. The molecule has 0 aliphatic carbocycles. The predicted molar refractivity (Wildman–Crippen MR) is 67.2 cm³/mol. The smallest absolute Gasteiger partial charge is 0.387 e. The minimum Gasteiger partial charge on any atom is -0.435 e. The van der Waals surface area contributed by atoms with Crippen LogP contribution in [0.15, 0.2) is 42.7 Å². The Bertz CT molecular complexity index is 561. The van der Waals surface area contributed by atoms with Crippen LogP contribution in [0.5, 0.6) is 11.5 Å². The van der Waals surface area contributed by atoms with Gasteiger partial charge in [0.2, 0.25) is 0 Å². The molecule has 114 valence electrons. The van der Waals surface area contributed by atoms with E-state index in [-0.39, 0.29) is 18.0 Å². The van der Waals surface area contributed by atoms with Crippen LogP contribution < -0.4 is 14.9 Å². The van der Waals surface area contributed by atoms with Crippen LogP contribution in [-0.2, 0) is 6.54 Å². The topological polar surface area (TPSA) is 35.4 Å². The van der Waals surface area contributed by atoms with Crippen LogP contribution in [0.1, 0.15) is 5.56 Å². The summed E-state index contributed by atoms with van der Waals surface area (Å²) in [4.78, 5) is 0. The highest BCUT2D eigenvalue weighted by Crippen LogP contribution is 2.27. The van der Waals surface area contributed by atoms with Crippen molar-refractivity contribution in [2.24, 2.45) is 0 Å². The standard InChI is InChI=1S/C13H12F4N2O2/c14-12(15)20-10-4-3-9(11(7-10)21-13(16)17)8-18-19-5-1-2-6-19/h1-7,12-13,18H,8H2. The van der Waals surface area contributed by atoms with Crippen molar-refractivity contribution in [1.29, 1.82) is 0 Å². The van der Waals surface area contributed by atoms with Crippen LogP contribution in [0.25, 0.3) is 0 Å². The number of ether oxygens (including phenoxy) is 2. The van der Waals surface area contributed by atoms with Gasteiger partial charge >= 0.3 is 13.2 Å². The molecule has 0 spiro atoms. The molecule has 8 heteroatoms. The van der Waals surface area contributed by atoms with Crippen molar-refractivity contribution in [2.75, 3.05) is 5.43 Å². The lowest BCUT2D eigenvalue weighted by molar-refractivity contribution is -0.0546. The fourth-order valence-corrected chi connectivity index (χ4v) is 1.68. The molecule has 0 amide bonds. The SMILES string of the molecule is FC(F)Oc1ccc(CNn2cccc2)c(OC(F)F)c1. The van der Waals surface area contributed by atoms with Crippen LogP contribution in [-0.4, -0.2) is 17.9 Å². The van der Waals surface area contributed by atoms with Crippen LogP contribution in [0, 0.1) is 0 Å². The summed E-state index contributed by atoms with van der Waals surface area (Å²) in [6.07, 6.45) is 3.45. The quantitative estimate of drug-likeness (QED) is 0.796. The molecule has 0 bridgehead atoms. The van der Waals surface area contributed by atoms with Gasteiger partial charge < -0.3 is 14.9 Å². The van der Waals surface area contributed by atoms with Crippen LogP contribution in [0.3, 0.4) is 0 Å². The fraction of sp³-hybridized carbons (Fsp3) is 0.231. The Hall–Kier alpha value is -2.38. The zero-order valence-electron chi connectivity index (χ0n) is 10.7. The minimum atomic E-state index is -3.06. The molecule has 2 rings (SSSR count). The Balaban J connectivity index is 2.13. The monoisotopic (exact) mass is 304 g/mol. The van der Waals surface area contributed by atoms with Gasteiger partial charge in [0.15, 0.2) is 0 Å². The highest BCUT2D eigenvalue weighted by molar-refractivity contribution is 5.41. The number of halogens is 4. The molecule has 0 atom stereocenters. The second-order valence-corrected chi connectivity index (χ2v) is 3.95. The Morgan fingerprint density at radius 3 is 2.29 bits per heavy atom. The molecule has 0 radical (unpaired) electrons. The summed E-state index contributed by atoms with van der Waals surface area (Å²) in [5.41, 5.74) is 3.30. The summed E-state index contributed by atoms with van der Waals surface area (Å²) in [7, 11) is 0. The van der Waals surface area contributed by atoms with E-state index in [2.05, 4.69) is 14.9 Å². The van der Waals surface area contributed by atoms with E-state index in [9.17, 15) is 17.6 Å². The number of rotatable bonds is 7. The number of aromatic nitrogens is 1. The van der Waals surface area contributed by atoms with E-state index in [0.717, 1.165) is 6.07 Å². The fourth-order valence-electron chi connectivity index (χ4n) is 1.68. The normalized spacial score (nSPS) is 11.0. The molecule has 2 aromatic rings. The Labute approximate surface area is 117 Å². The Morgan fingerprint density at radius 1 is 1.00 bits per heavy atom. The number of benzene rings is 1. The highest BCUT2D eigenvalue weighted by atomic mass is 19.3. The lowest BCUT2D eigenvalue weighted by atomic mass is 10.2. The van der Waals surface area contributed by atoms with Gasteiger partial charge in [0.25, 0.3) is 0 Å². The van der Waals surface area contributed by atoms with E-state index in [0.29, 0.717) is 5.56 Å². The average Bonchev–Trinajstić information content (AvgIpc) is 2.89. The number of nitrogens with zero attached hydrogens (tertiary/aromatic N) is 1. The van der Waals surface area contributed by atoms with E-state index in [4.69, 9.17) is 0 Å². The van der Waals surface area contributed by atoms with E-state index in [1.54, 1.807) is 29.2 Å². The number of nitrogens with one attached hydrogen (secondary N) is 1. The van der Waals surface area contributed by atoms with E-state index in [1.807, 2.05) is 0 Å². The first-order valence-electron chi connectivity index (χ1n) is 5.94. The summed E-state index contributed by atoms with van der Waals surface area (Å²) < 4.78 is 59.1. The predicted octanol–water partition coefficient (Wildman–Crippen LogP) is 3.43. The van der Waals surface area contributed by atoms with Crippen molar-refractivity contribution in [3.05, 3.63) is 48.3 Å². The number of hydrogen-bond donors (Lipinski definition) is 1. The van der Waals surface area contributed by atoms with Gasteiger partial charge in [-0.2, -0.15) is 17.6 Å². The molecule has 1 N–H and O–H groups in total. The summed E-state index contributed by atoms with van der Waals surface area (Å²) in [6.45, 7) is -5.92. The van der Waals surface area contributed by atoms with Crippen LogP contribution >= 0.6 is 0 Å². The first kappa shape index (κ1) is 15.0. The van der Waals surface area contributed by atoms with Gasteiger partial charge in [0.1, 0.15) is 11.5 Å². The largest absolute Gasteiger partial charge is 0.435 e.